The van der Waals surface area contributed by atoms with Gasteiger partial charge in [-0.15, -0.1) is 0 Å². The third-order valence-corrected chi connectivity index (χ3v) is 3.15. The van der Waals surface area contributed by atoms with Crippen LogP contribution in [-0.4, -0.2) is 42.3 Å². The van der Waals surface area contributed by atoms with Gasteiger partial charge >= 0.3 is 0 Å². The summed E-state index contributed by atoms with van der Waals surface area (Å²) in [6, 6.07) is 7.50. The zero-order valence-electron chi connectivity index (χ0n) is 14.5. The van der Waals surface area contributed by atoms with Crippen molar-refractivity contribution in [1.82, 2.24) is 0 Å². The lowest BCUT2D eigenvalue weighted by Gasteiger charge is -2.07. The third-order valence-electron chi connectivity index (χ3n) is 3.15. The highest BCUT2D eigenvalue weighted by Crippen LogP contribution is 2.30. The number of para-hydroxylation sites is 1. The molecule has 0 atom stereocenters. The van der Waals surface area contributed by atoms with Crippen LogP contribution in [0.15, 0.2) is 30.3 Å². The number of carbonyl (C=O) groups excluding carboxylic acids is 3. The van der Waals surface area contributed by atoms with Crippen molar-refractivity contribution in [3.8, 4) is 23.0 Å². The quantitative estimate of drug-likeness (QED) is 0.730. The Hall–Kier alpha value is -3.35. The zero-order valence-corrected chi connectivity index (χ0v) is 14.5. The average molecular weight is 360 g/mol. The summed E-state index contributed by atoms with van der Waals surface area (Å²) >= 11 is 0. The Balaban J connectivity index is 0.000000263. The Morgan fingerprint density at radius 1 is 0.808 bits per heavy atom. The molecule has 0 radical (unpaired) electrons. The molecule has 7 nitrogen and oxygen atoms in total. The first-order valence-electron chi connectivity index (χ1n) is 7.82. The van der Waals surface area contributed by atoms with E-state index in [4.69, 9.17) is 9.47 Å². The van der Waals surface area contributed by atoms with Gasteiger partial charge in [0.1, 0.15) is 6.29 Å². The number of phenolic OH excluding ortho intramolecular Hbond substituents is 2. The lowest BCUT2D eigenvalue weighted by atomic mass is 10.1. The molecule has 26 heavy (non-hydrogen) atoms. The predicted molar refractivity (Wildman–Crippen MR) is 94.7 cm³/mol. The van der Waals surface area contributed by atoms with Crippen LogP contribution in [0, 0.1) is 0 Å². The number of ether oxygens (including phenoxy) is 2. The molecule has 2 rings (SSSR count). The molecule has 138 valence electrons. The molecule has 2 aromatic rings. The van der Waals surface area contributed by atoms with Crippen LogP contribution in [-0.2, 0) is 0 Å². The second-order valence-electron chi connectivity index (χ2n) is 4.87. The summed E-state index contributed by atoms with van der Waals surface area (Å²) in [6.07, 6.45) is 1.66. The molecule has 0 aliphatic carbocycles. The van der Waals surface area contributed by atoms with Crippen LogP contribution in [0.5, 0.6) is 23.0 Å². The molecule has 7 heteroatoms. The van der Waals surface area contributed by atoms with Gasteiger partial charge in [-0.05, 0) is 38.1 Å². The lowest BCUT2D eigenvalue weighted by Crippen LogP contribution is -1.96. The number of benzene rings is 2. The SMILES string of the molecule is CCOc1cc(C=O)cc(C=O)c1O.CCOc1cccc(C=O)c1O. The van der Waals surface area contributed by atoms with Gasteiger partial charge in [0.05, 0.1) is 24.3 Å². The van der Waals surface area contributed by atoms with E-state index < -0.39 is 0 Å². The molecule has 0 fully saturated rings. The van der Waals surface area contributed by atoms with E-state index in [0.29, 0.717) is 43.4 Å². The molecule has 2 N–H and O–H groups in total. The Labute approximate surface area is 150 Å². The Morgan fingerprint density at radius 3 is 1.92 bits per heavy atom. The highest BCUT2D eigenvalue weighted by atomic mass is 16.5. The van der Waals surface area contributed by atoms with Gasteiger partial charge in [0, 0.05) is 5.56 Å². The van der Waals surface area contributed by atoms with Gasteiger partial charge in [-0.3, -0.25) is 14.4 Å². The van der Waals surface area contributed by atoms with Gasteiger partial charge < -0.3 is 19.7 Å². The third kappa shape index (κ3) is 5.34. The maximum atomic E-state index is 10.5. The van der Waals surface area contributed by atoms with Gasteiger partial charge in [0.15, 0.2) is 35.6 Å². The molecule has 0 saturated carbocycles. The number of hydrogen-bond donors (Lipinski definition) is 2. The topological polar surface area (TPSA) is 110 Å². The molecule has 0 aromatic heterocycles. The Kier molecular flexibility index (Phi) is 8.36. The molecule has 0 saturated heterocycles. The second kappa shape index (κ2) is 10.5. The second-order valence-corrected chi connectivity index (χ2v) is 4.87. The molecule has 0 bridgehead atoms. The summed E-state index contributed by atoms with van der Waals surface area (Å²) in [5, 5.41) is 18.8. The van der Waals surface area contributed by atoms with Gasteiger partial charge in [-0.2, -0.15) is 0 Å². The van der Waals surface area contributed by atoms with E-state index in [0.717, 1.165) is 0 Å². The van der Waals surface area contributed by atoms with Crippen LogP contribution in [0.3, 0.4) is 0 Å². The smallest absolute Gasteiger partial charge is 0.168 e. The van der Waals surface area contributed by atoms with Crippen molar-refractivity contribution in [3.63, 3.8) is 0 Å². The standard InChI is InChI=1S/C10H10O4.C9H10O3/c1-2-14-9-4-7(5-11)3-8(6-12)10(9)13;1-2-12-8-5-3-4-7(6-10)9(8)11/h3-6,13H,2H2,1H3;3-6,11H,2H2,1H3. The Bertz CT molecular complexity index is 769. The van der Waals surface area contributed by atoms with E-state index in [2.05, 4.69) is 0 Å². The molecular weight excluding hydrogens is 340 g/mol. The van der Waals surface area contributed by atoms with Gasteiger partial charge in [-0.25, -0.2) is 0 Å². The average Bonchev–Trinajstić information content (AvgIpc) is 2.66. The molecular formula is C19H20O7. The van der Waals surface area contributed by atoms with Crippen molar-refractivity contribution in [3.05, 3.63) is 47.0 Å². The first-order chi connectivity index (χ1) is 12.5. The number of aldehydes is 3. The fourth-order valence-corrected chi connectivity index (χ4v) is 1.98. The van der Waals surface area contributed by atoms with Gasteiger partial charge in [-0.1, -0.05) is 6.07 Å². The number of aromatic hydroxyl groups is 2. The van der Waals surface area contributed by atoms with Crippen molar-refractivity contribution < 1.29 is 34.1 Å². The maximum Gasteiger partial charge on any atom is 0.168 e. The van der Waals surface area contributed by atoms with E-state index in [1.807, 2.05) is 6.92 Å². The van der Waals surface area contributed by atoms with E-state index in [9.17, 15) is 24.6 Å². The summed E-state index contributed by atoms with van der Waals surface area (Å²) in [5.74, 6) is 0.183. The Morgan fingerprint density at radius 2 is 1.38 bits per heavy atom. The number of phenols is 2. The van der Waals surface area contributed by atoms with Crippen molar-refractivity contribution in [2.45, 2.75) is 13.8 Å². The molecule has 0 amide bonds. The maximum absolute atomic E-state index is 10.5. The number of hydrogen-bond acceptors (Lipinski definition) is 7. The fraction of sp³-hybridized carbons (Fsp3) is 0.211. The molecule has 0 unspecified atom stereocenters. The van der Waals surface area contributed by atoms with Crippen LogP contribution in [0.1, 0.15) is 44.9 Å². The zero-order chi connectivity index (χ0) is 19.5. The normalized spacial score (nSPS) is 9.46. The largest absolute Gasteiger partial charge is 0.504 e. The highest BCUT2D eigenvalue weighted by Gasteiger charge is 2.09. The van der Waals surface area contributed by atoms with E-state index in [1.54, 1.807) is 19.1 Å². The number of carbonyl (C=O) groups is 3. The summed E-state index contributed by atoms with van der Waals surface area (Å²) in [5.41, 5.74) is 0.604. The molecule has 0 spiro atoms. The minimum Gasteiger partial charge on any atom is -0.504 e. The van der Waals surface area contributed by atoms with Gasteiger partial charge in [0.25, 0.3) is 0 Å². The minimum absolute atomic E-state index is 0.0538. The van der Waals surface area contributed by atoms with Crippen molar-refractivity contribution >= 4 is 18.9 Å². The molecule has 0 aliphatic heterocycles. The minimum atomic E-state index is -0.229. The van der Waals surface area contributed by atoms with Crippen molar-refractivity contribution in [2.75, 3.05) is 13.2 Å². The number of rotatable bonds is 7. The molecule has 2 aromatic carbocycles. The van der Waals surface area contributed by atoms with E-state index in [1.165, 1.54) is 18.2 Å². The van der Waals surface area contributed by atoms with Crippen LogP contribution in [0.4, 0.5) is 0 Å². The van der Waals surface area contributed by atoms with Crippen LogP contribution < -0.4 is 9.47 Å². The summed E-state index contributed by atoms with van der Waals surface area (Å²) in [4.78, 5) is 31.4. The fourth-order valence-electron chi connectivity index (χ4n) is 1.98. The van der Waals surface area contributed by atoms with Crippen LogP contribution >= 0.6 is 0 Å². The van der Waals surface area contributed by atoms with Gasteiger partial charge in [0.2, 0.25) is 0 Å². The van der Waals surface area contributed by atoms with E-state index >= 15 is 0 Å². The predicted octanol–water partition coefficient (Wildman–Crippen LogP) is 3.02. The van der Waals surface area contributed by atoms with Crippen LogP contribution in [0.2, 0.25) is 0 Å². The molecule has 0 aliphatic rings. The van der Waals surface area contributed by atoms with Crippen LogP contribution in [0.25, 0.3) is 0 Å². The first kappa shape index (κ1) is 20.7. The summed E-state index contributed by atoms with van der Waals surface area (Å²) in [7, 11) is 0. The highest BCUT2D eigenvalue weighted by molar-refractivity contribution is 5.86. The lowest BCUT2D eigenvalue weighted by molar-refractivity contribution is 0.111. The monoisotopic (exact) mass is 360 g/mol. The van der Waals surface area contributed by atoms with Crippen molar-refractivity contribution in [1.29, 1.82) is 0 Å². The summed E-state index contributed by atoms with van der Waals surface area (Å²) in [6.45, 7) is 4.38. The molecule has 0 heterocycles. The van der Waals surface area contributed by atoms with E-state index in [-0.39, 0.29) is 28.4 Å². The van der Waals surface area contributed by atoms with Crippen molar-refractivity contribution in [2.24, 2.45) is 0 Å². The summed E-state index contributed by atoms with van der Waals surface area (Å²) < 4.78 is 10.1. The first-order valence-corrected chi connectivity index (χ1v) is 7.82.